The minimum Gasteiger partial charge on any atom is -0.493 e. The first-order chi connectivity index (χ1) is 21.0. The maximum absolute atomic E-state index is 13.9. The lowest BCUT2D eigenvalue weighted by Gasteiger charge is -2.31. The molecular weight excluding hydrogens is 564 g/mol. The lowest BCUT2D eigenvalue weighted by molar-refractivity contribution is -0.144. The van der Waals surface area contributed by atoms with Crippen molar-refractivity contribution in [3.63, 3.8) is 0 Å². The molecule has 44 heavy (non-hydrogen) atoms. The number of ether oxygens (including phenoxy) is 3. The highest BCUT2D eigenvalue weighted by Gasteiger charge is 2.48. The molecule has 1 N–H and O–H groups in total. The van der Waals surface area contributed by atoms with Crippen LogP contribution in [0.3, 0.4) is 0 Å². The molecule has 0 saturated carbocycles. The second-order valence-corrected chi connectivity index (χ2v) is 13.4. The number of aliphatic carboxylic acids is 1. The Morgan fingerprint density at radius 3 is 2.48 bits per heavy atom. The van der Waals surface area contributed by atoms with Crippen LogP contribution >= 0.6 is 0 Å². The molecule has 4 rings (SSSR count). The number of carbonyl (C=O) groups excluding carboxylic acids is 2. The Bertz CT molecular complexity index is 1170. The van der Waals surface area contributed by atoms with E-state index in [1.165, 1.54) is 0 Å². The van der Waals surface area contributed by atoms with Crippen LogP contribution in [0, 0.1) is 11.3 Å². The topological polar surface area (TPSA) is 112 Å². The fraction of sp³-hybridized carbons (Fsp3) is 0.727. The molecule has 246 valence electrons. The minimum atomic E-state index is -0.911. The van der Waals surface area contributed by atoms with E-state index in [1.54, 1.807) is 7.11 Å². The number of methoxy groups -OCH3 is 1. The van der Waals surface area contributed by atoms with Crippen molar-refractivity contribution >= 4 is 17.8 Å². The summed E-state index contributed by atoms with van der Waals surface area (Å²) in [7, 11) is 5.65. The van der Waals surface area contributed by atoms with Gasteiger partial charge in [0.05, 0.1) is 19.6 Å². The van der Waals surface area contributed by atoms with Crippen molar-refractivity contribution in [1.29, 1.82) is 0 Å². The quantitative estimate of drug-likeness (QED) is 0.279. The molecule has 0 bridgehead atoms. The van der Waals surface area contributed by atoms with Gasteiger partial charge in [0, 0.05) is 50.1 Å². The Hall–Kier alpha value is -3.05. The molecular formula is C33H52N4O7. The number of nitrogens with zero attached hydrogens (tertiary/aromatic N) is 4. The summed E-state index contributed by atoms with van der Waals surface area (Å²) < 4.78 is 16.8. The van der Waals surface area contributed by atoms with Gasteiger partial charge in [-0.2, -0.15) is 0 Å². The average Bonchev–Trinajstić information content (AvgIpc) is 3.66. The molecule has 1 aromatic rings. The normalized spacial score (nSPS) is 22.7. The van der Waals surface area contributed by atoms with E-state index in [0.717, 1.165) is 44.2 Å². The highest BCUT2D eigenvalue weighted by molar-refractivity contribution is 5.84. The predicted molar refractivity (Wildman–Crippen MR) is 167 cm³/mol. The molecule has 0 spiro atoms. The summed E-state index contributed by atoms with van der Waals surface area (Å²) in [4.78, 5) is 47.9. The number of unbranched alkanes of at least 4 members (excludes halogenated alkanes) is 2. The van der Waals surface area contributed by atoms with Crippen molar-refractivity contribution in [1.82, 2.24) is 19.6 Å². The van der Waals surface area contributed by atoms with Gasteiger partial charge >= 0.3 is 5.97 Å². The number of carboxylic acid groups (broad SMARTS) is 1. The van der Waals surface area contributed by atoms with Gasteiger partial charge in [-0.05, 0) is 70.4 Å². The number of rotatable bonds is 16. The zero-order valence-electron chi connectivity index (χ0n) is 27.5. The molecule has 1 unspecified atom stereocenters. The Morgan fingerprint density at radius 1 is 1.11 bits per heavy atom. The maximum Gasteiger partial charge on any atom is 0.308 e. The van der Waals surface area contributed by atoms with Crippen LogP contribution in [0.1, 0.15) is 70.8 Å². The van der Waals surface area contributed by atoms with E-state index in [1.807, 2.05) is 40.7 Å². The summed E-state index contributed by atoms with van der Waals surface area (Å²) in [6, 6.07) is 3.26. The summed E-state index contributed by atoms with van der Waals surface area (Å²) in [5.41, 5.74) is 0.374. The van der Waals surface area contributed by atoms with E-state index in [2.05, 4.69) is 25.9 Å². The van der Waals surface area contributed by atoms with Crippen LogP contribution in [0.25, 0.3) is 0 Å². The molecule has 3 aliphatic heterocycles. The molecule has 2 saturated heterocycles. The molecule has 2 fully saturated rings. The largest absolute Gasteiger partial charge is 0.493 e. The third-order valence-electron chi connectivity index (χ3n) is 9.47. The van der Waals surface area contributed by atoms with Crippen molar-refractivity contribution in [3.8, 4) is 17.2 Å². The SMILES string of the molecule is CCCCN(CCCCN(C)C)C(=O)CN1C[C@H](c2cc(OC)c3c(c2)OCO3)C(C(=O)O)[C@@H]1CCN1CCC(C)(C)C1=O. The number of benzene rings is 1. The zero-order valence-corrected chi connectivity index (χ0v) is 27.5. The number of amides is 2. The average molecular weight is 617 g/mol. The van der Waals surface area contributed by atoms with Crippen LogP contribution in [-0.4, -0.2) is 122 Å². The molecule has 11 heteroatoms. The molecule has 0 aliphatic carbocycles. The van der Waals surface area contributed by atoms with Gasteiger partial charge in [-0.1, -0.05) is 27.2 Å². The second-order valence-electron chi connectivity index (χ2n) is 13.4. The van der Waals surface area contributed by atoms with Crippen LogP contribution < -0.4 is 14.2 Å². The van der Waals surface area contributed by atoms with E-state index >= 15 is 0 Å². The van der Waals surface area contributed by atoms with E-state index in [0.29, 0.717) is 56.4 Å². The van der Waals surface area contributed by atoms with Crippen molar-refractivity contribution in [2.24, 2.45) is 11.3 Å². The second kappa shape index (κ2) is 14.8. The van der Waals surface area contributed by atoms with E-state index in [4.69, 9.17) is 14.2 Å². The monoisotopic (exact) mass is 616 g/mol. The standard InChI is InChI=1S/C33H52N4O7/c1-7-8-14-35(15-10-9-13-34(4)5)28(38)21-37-20-24(23-18-26(42-6)30-27(19-23)43-22-44-30)29(31(39)40)25(37)11-16-36-17-12-33(2,3)32(36)41/h18-19,24-25,29H,7-17,20-22H2,1-6H3,(H,39,40)/t24-,25+,29?/m1/s1. The Morgan fingerprint density at radius 2 is 1.84 bits per heavy atom. The minimum absolute atomic E-state index is 0.0275. The fourth-order valence-corrected chi connectivity index (χ4v) is 6.82. The van der Waals surface area contributed by atoms with E-state index in [-0.39, 0.29) is 25.2 Å². The summed E-state index contributed by atoms with van der Waals surface area (Å²) in [5, 5.41) is 10.6. The van der Waals surface area contributed by atoms with Crippen LogP contribution in [0.15, 0.2) is 12.1 Å². The molecule has 3 heterocycles. The smallest absolute Gasteiger partial charge is 0.308 e. The first-order valence-electron chi connectivity index (χ1n) is 16.1. The van der Waals surface area contributed by atoms with Crippen LogP contribution in [0.4, 0.5) is 0 Å². The summed E-state index contributed by atoms with van der Waals surface area (Å²) in [6.07, 6.45) is 5.09. The van der Waals surface area contributed by atoms with Gasteiger partial charge in [0.2, 0.25) is 24.4 Å². The number of carbonyl (C=O) groups is 3. The molecule has 1 aromatic carbocycles. The number of likely N-dealkylation sites (tertiary alicyclic amines) is 2. The molecule has 0 aromatic heterocycles. The number of fused-ring (bicyclic) bond motifs is 1. The highest BCUT2D eigenvalue weighted by Crippen LogP contribution is 2.47. The number of hydrogen-bond donors (Lipinski definition) is 1. The van der Waals surface area contributed by atoms with Crippen molar-refractivity contribution in [2.75, 3.05) is 73.8 Å². The van der Waals surface area contributed by atoms with Crippen molar-refractivity contribution in [2.45, 2.75) is 71.3 Å². The van der Waals surface area contributed by atoms with E-state index < -0.39 is 29.3 Å². The Balaban J connectivity index is 1.59. The third kappa shape index (κ3) is 7.77. The lowest BCUT2D eigenvalue weighted by Crippen LogP contribution is -2.46. The molecule has 3 aliphatic rings. The fourth-order valence-electron chi connectivity index (χ4n) is 6.82. The predicted octanol–water partition coefficient (Wildman–Crippen LogP) is 3.51. The highest BCUT2D eigenvalue weighted by atomic mass is 16.7. The van der Waals surface area contributed by atoms with Gasteiger partial charge in [0.25, 0.3) is 0 Å². The molecule has 0 radical (unpaired) electrons. The Labute approximate surface area is 262 Å². The van der Waals surface area contributed by atoms with Crippen LogP contribution in [0.2, 0.25) is 0 Å². The van der Waals surface area contributed by atoms with Gasteiger partial charge in [-0.25, -0.2) is 0 Å². The third-order valence-corrected chi connectivity index (χ3v) is 9.47. The van der Waals surface area contributed by atoms with Crippen molar-refractivity contribution in [3.05, 3.63) is 17.7 Å². The van der Waals surface area contributed by atoms with Crippen LogP contribution in [0.5, 0.6) is 17.2 Å². The lowest BCUT2D eigenvalue weighted by atomic mass is 9.84. The van der Waals surface area contributed by atoms with Gasteiger partial charge in [-0.15, -0.1) is 0 Å². The molecule has 11 nitrogen and oxygen atoms in total. The maximum atomic E-state index is 13.9. The molecule has 2 amide bonds. The van der Waals surface area contributed by atoms with E-state index in [9.17, 15) is 19.5 Å². The summed E-state index contributed by atoms with van der Waals surface area (Å²) >= 11 is 0. The van der Waals surface area contributed by atoms with Gasteiger partial charge < -0.3 is 34.0 Å². The number of hydrogen-bond acceptors (Lipinski definition) is 8. The first-order valence-corrected chi connectivity index (χ1v) is 16.1. The van der Waals surface area contributed by atoms with Crippen molar-refractivity contribution < 1.29 is 33.7 Å². The van der Waals surface area contributed by atoms with Gasteiger partial charge in [0.1, 0.15) is 0 Å². The van der Waals surface area contributed by atoms with Gasteiger partial charge in [0.15, 0.2) is 11.5 Å². The number of carboxylic acids is 1. The Kier molecular flexibility index (Phi) is 11.4. The first kappa shape index (κ1) is 33.8. The zero-order chi connectivity index (χ0) is 32.0. The summed E-state index contributed by atoms with van der Waals surface area (Å²) in [6.45, 7) is 10.1. The molecule has 3 atom stereocenters. The summed E-state index contributed by atoms with van der Waals surface area (Å²) in [5.74, 6) is -0.412. The van der Waals surface area contributed by atoms with Crippen LogP contribution in [-0.2, 0) is 14.4 Å². The van der Waals surface area contributed by atoms with Gasteiger partial charge in [-0.3, -0.25) is 19.3 Å².